The van der Waals surface area contributed by atoms with Crippen LogP contribution in [0.3, 0.4) is 0 Å². The second-order valence-corrected chi connectivity index (χ2v) is 4.31. The lowest BCUT2D eigenvalue weighted by Gasteiger charge is -2.36. The molecule has 0 aliphatic carbocycles. The van der Waals surface area contributed by atoms with Gasteiger partial charge in [-0.1, -0.05) is 0 Å². The van der Waals surface area contributed by atoms with Gasteiger partial charge in [-0.15, -0.1) is 0 Å². The molecule has 0 heterocycles. The molecule has 0 aromatic carbocycles. The molecule has 2 atom stereocenters. The summed E-state index contributed by atoms with van der Waals surface area (Å²) in [5, 5.41) is 8.73. The van der Waals surface area contributed by atoms with Gasteiger partial charge in [0.2, 0.25) is 0 Å². The van der Waals surface area contributed by atoms with Crippen LogP contribution < -0.4 is 0 Å². The summed E-state index contributed by atoms with van der Waals surface area (Å²) < 4.78 is 110. The third-order valence-electron chi connectivity index (χ3n) is 2.36. The molecule has 0 aliphatic rings. The number of aliphatic hydroxyl groups is 1. The zero-order valence-electron chi connectivity index (χ0n) is 11.6. The monoisotopic (exact) mass is 360 g/mol. The van der Waals surface area contributed by atoms with Gasteiger partial charge in [-0.25, -0.2) is 4.79 Å². The maximum Gasteiger partial charge on any atom is 0.455 e. The van der Waals surface area contributed by atoms with Gasteiger partial charge in [-0.2, -0.15) is 35.1 Å². The summed E-state index contributed by atoms with van der Waals surface area (Å²) in [4.78, 5) is 10.9. The van der Waals surface area contributed by atoms with E-state index in [1.165, 1.54) is 0 Å². The van der Waals surface area contributed by atoms with E-state index < -0.39 is 48.6 Å². The number of ether oxygens (including phenoxy) is 2. The fourth-order valence-electron chi connectivity index (χ4n) is 1.16. The SMILES string of the molecule is COC(F)(C(F)(F)F)C(F)(F)C(F)(F)C=CC(=O)OCC(C)O. The van der Waals surface area contributed by atoms with Crippen LogP contribution in [-0.4, -0.2) is 54.8 Å². The highest BCUT2D eigenvalue weighted by Crippen LogP contribution is 2.52. The van der Waals surface area contributed by atoms with Gasteiger partial charge in [0.1, 0.15) is 6.61 Å². The van der Waals surface area contributed by atoms with Crippen molar-refractivity contribution in [3.63, 3.8) is 0 Å². The van der Waals surface area contributed by atoms with Crippen LogP contribution in [0.15, 0.2) is 12.2 Å². The summed E-state index contributed by atoms with van der Waals surface area (Å²) in [6.07, 6.45) is -8.94. The molecule has 23 heavy (non-hydrogen) atoms. The first-order valence-corrected chi connectivity index (χ1v) is 5.73. The van der Waals surface area contributed by atoms with Crippen LogP contribution in [0.2, 0.25) is 0 Å². The molecule has 0 amide bonds. The Morgan fingerprint density at radius 2 is 1.61 bits per heavy atom. The molecule has 0 aliphatic heterocycles. The minimum absolute atomic E-state index is 0.169. The Hall–Kier alpha value is -1.43. The average molecular weight is 360 g/mol. The van der Waals surface area contributed by atoms with Crippen molar-refractivity contribution in [2.75, 3.05) is 13.7 Å². The number of allylic oxidation sites excluding steroid dienone is 1. The van der Waals surface area contributed by atoms with Gasteiger partial charge in [0.25, 0.3) is 0 Å². The Morgan fingerprint density at radius 1 is 1.13 bits per heavy atom. The molecule has 0 radical (unpaired) electrons. The number of carbonyl (C=O) groups is 1. The molecule has 2 unspecified atom stereocenters. The minimum atomic E-state index is -6.48. The minimum Gasteiger partial charge on any atom is -0.460 e. The first kappa shape index (κ1) is 21.6. The van der Waals surface area contributed by atoms with Crippen molar-refractivity contribution in [3.05, 3.63) is 12.2 Å². The van der Waals surface area contributed by atoms with E-state index in [1.54, 1.807) is 0 Å². The second kappa shape index (κ2) is 6.99. The molecule has 4 nitrogen and oxygen atoms in total. The van der Waals surface area contributed by atoms with Crippen molar-refractivity contribution >= 4 is 5.97 Å². The summed E-state index contributed by atoms with van der Waals surface area (Å²) >= 11 is 0. The largest absolute Gasteiger partial charge is 0.460 e. The predicted molar refractivity (Wildman–Crippen MR) is 58.6 cm³/mol. The molecule has 0 rings (SSSR count). The van der Waals surface area contributed by atoms with Crippen molar-refractivity contribution in [1.82, 2.24) is 0 Å². The first-order chi connectivity index (χ1) is 10.1. The van der Waals surface area contributed by atoms with Crippen LogP contribution in [0.1, 0.15) is 6.92 Å². The first-order valence-electron chi connectivity index (χ1n) is 5.73. The Morgan fingerprint density at radius 3 is 1.96 bits per heavy atom. The average Bonchev–Trinajstić information content (AvgIpc) is 2.40. The van der Waals surface area contributed by atoms with Crippen LogP contribution >= 0.6 is 0 Å². The molecule has 0 spiro atoms. The number of esters is 1. The molecule has 0 aromatic rings. The van der Waals surface area contributed by atoms with Crippen LogP contribution in [-0.2, 0) is 14.3 Å². The fourth-order valence-corrected chi connectivity index (χ4v) is 1.16. The second-order valence-electron chi connectivity index (χ2n) is 4.31. The highest BCUT2D eigenvalue weighted by molar-refractivity contribution is 5.82. The highest BCUT2D eigenvalue weighted by atomic mass is 19.4. The summed E-state index contributed by atoms with van der Waals surface area (Å²) in [5.74, 6) is -19.8. The molecule has 0 fully saturated rings. The van der Waals surface area contributed by atoms with Crippen molar-refractivity contribution in [2.45, 2.75) is 36.9 Å². The van der Waals surface area contributed by atoms with E-state index in [-0.39, 0.29) is 13.2 Å². The van der Waals surface area contributed by atoms with Gasteiger partial charge in [-0.3, -0.25) is 0 Å². The predicted octanol–water partition coefficient (Wildman–Crippen LogP) is 2.61. The van der Waals surface area contributed by atoms with Gasteiger partial charge in [0.05, 0.1) is 6.10 Å². The number of alkyl halides is 8. The summed E-state index contributed by atoms with van der Waals surface area (Å²) in [7, 11) is -0.169. The number of hydrogen-bond acceptors (Lipinski definition) is 4. The third kappa shape index (κ3) is 4.53. The molecule has 136 valence electrons. The van der Waals surface area contributed by atoms with E-state index in [0.717, 1.165) is 6.92 Å². The van der Waals surface area contributed by atoms with Crippen LogP contribution in [0, 0.1) is 0 Å². The number of rotatable bonds is 7. The van der Waals surface area contributed by atoms with E-state index >= 15 is 0 Å². The molecule has 1 N–H and O–H groups in total. The maximum absolute atomic E-state index is 13.3. The molecule has 12 heteroatoms. The standard InChI is InChI=1S/C11H12F8O4/c1-6(20)5-23-7(21)3-4-8(12,13)9(14,15)10(16,22-2)11(17,18)19/h3-4,6,20H,5H2,1-2H3. The van der Waals surface area contributed by atoms with Gasteiger partial charge in [-0.05, 0) is 13.0 Å². The lowest BCUT2D eigenvalue weighted by Crippen LogP contribution is -2.63. The van der Waals surface area contributed by atoms with Gasteiger partial charge >= 0.3 is 29.8 Å². The van der Waals surface area contributed by atoms with E-state index in [0.29, 0.717) is 0 Å². The number of carbonyl (C=O) groups excluding carboxylic acids is 1. The summed E-state index contributed by atoms with van der Waals surface area (Å²) in [6, 6.07) is 0. The molecule has 0 aromatic heterocycles. The zero-order valence-corrected chi connectivity index (χ0v) is 11.6. The molecular weight excluding hydrogens is 348 g/mol. The van der Waals surface area contributed by atoms with Gasteiger partial charge < -0.3 is 14.6 Å². The number of hydrogen-bond donors (Lipinski definition) is 1. The number of halogens is 8. The Kier molecular flexibility index (Phi) is 6.56. The van der Waals surface area contributed by atoms with E-state index in [9.17, 15) is 39.9 Å². The summed E-state index contributed by atoms with van der Waals surface area (Å²) in [6.45, 7) is 0.456. The number of aliphatic hydroxyl groups excluding tert-OH is 1. The van der Waals surface area contributed by atoms with Crippen molar-refractivity contribution < 1.29 is 54.5 Å². The normalized spacial score (nSPS) is 17.9. The molecule has 0 bridgehead atoms. The van der Waals surface area contributed by atoms with Crippen LogP contribution in [0.5, 0.6) is 0 Å². The Labute approximate surface area is 124 Å². The third-order valence-corrected chi connectivity index (χ3v) is 2.36. The van der Waals surface area contributed by atoms with Crippen molar-refractivity contribution in [3.8, 4) is 0 Å². The smallest absolute Gasteiger partial charge is 0.455 e. The molecule has 0 saturated carbocycles. The van der Waals surface area contributed by atoms with E-state index in [1.807, 2.05) is 0 Å². The topological polar surface area (TPSA) is 55.8 Å². The molecule has 0 saturated heterocycles. The van der Waals surface area contributed by atoms with Gasteiger partial charge in [0, 0.05) is 13.2 Å². The van der Waals surface area contributed by atoms with Crippen molar-refractivity contribution in [2.24, 2.45) is 0 Å². The van der Waals surface area contributed by atoms with E-state index in [4.69, 9.17) is 5.11 Å². The quantitative estimate of drug-likeness (QED) is 0.431. The Bertz CT molecular complexity index is 446. The summed E-state index contributed by atoms with van der Waals surface area (Å²) in [5.41, 5.74) is 0. The van der Waals surface area contributed by atoms with Crippen LogP contribution in [0.4, 0.5) is 35.1 Å². The zero-order chi connectivity index (χ0) is 18.7. The van der Waals surface area contributed by atoms with Gasteiger partial charge in [0.15, 0.2) is 0 Å². The lowest BCUT2D eigenvalue weighted by molar-refractivity contribution is -0.421. The highest BCUT2D eigenvalue weighted by Gasteiger charge is 2.80. The van der Waals surface area contributed by atoms with Crippen molar-refractivity contribution in [1.29, 1.82) is 0 Å². The fraction of sp³-hybridized carbons (Fsp3) is 0.727. The Balaban J connectivity index is 5.42. The maximum atomic E-state index is 13.3. The lowest BCUT2D eigenvalue weighted by atomic mass is 10.0. The number of methoxy groups -OCH3 is 1. The molecular formula is C11H12F8O4. The van der Waals surface area contributed by atoms with E-state index in [2.05, 4.69) is 9.47 Å². The van der Waals surface area contributed by atoms with Crippen LogP contribution in [0.25, 0.3) is 0 Å².